The van der Waals surface area contributed by atoms with Crippen molar-refractivity contribution in [2.75, 3.05) is 43.8 Å². The maximum Gasteiger partial charge on any atom is 0.238 e. The Morgan fingerprint density at radius 3 is 2.53 bits per heavy atom. The number of nitrogen functional groups attached to an aromatic ring is 1. The SMILES string of the molecule is Cc1cccc(NC(=O)CN2CCN(Cc3nc(N)c4ccccc4n3)CC2)c1C. The number of hydrogen-bond acceptors (Lipinski definition) is 6. The Morgan fingerprint density at radius 1 is 1.00 bits per heavy atom. The van der Waals surface area contributed by atoms with Crippen molar-refractivity contribution >= 4 is 28.3 Å². The minimum absolute atomic E-state index is 0.0304. The number of anilines is 2. The summed E-state index contributed by atoms with van der Waals surface area (Å²) in [6.45, 7) is 8.56. The highest BCUT2D eigenvalue weighted by atomic mass is 16.2. The number of fused-ring (bicyclic) bond motifs is 1. The van der Waals surface area contributed by atoms with E-state index in [1.807, 2.05) is 43.3 Å². The van der Waals surface area contributed by atoms with E-state index < -0.39 is 0 Å². The summed E-state index contributed by atoms with van der Waals surface area (Å²) < 4.78 is 0. The average Bonchev–Trinajstić information content (AvgIpc) is 2.73. The van der Waals surface area contributed by atoms with Crippen LogP contribution in [0.25, 0.3) is 10.9 Å². The summed E-state index contributed by atoms with van der Waals surface area (Å²) in [6.07, 6.45) is 0. The van der Waals surface area contributed by atoms with Gasteiger partial charge in [-0.2, -0.15) is 0 Å². The first kappa shape index (κ1) is 20.3. The third-order valence-electron chi connectivity index (χ3n) is 5.75. The second-order valence-corrected chi connectivity index (χ2v) is 7.89. The zero-order valence-corrected chi connectivity index (χ0v) is 17.6. The summed E-state index contributed by atoms with van der Waals surface area (Å²) >= 11 is 0. The van der Waals surface area contributed by atoms with Crippen LogP contribution in [0.15, 0.2) is 42.5 Å². The molecule has 1 amide bonds. The van der Waals surface area contributed by atoms with Gasteiger partial charge in [-0.05, 0) is 43.2 Å². The first-order valence-electron chi connectivity index (χ1n) is 10.3. The number of hydrogen-bond donors (Lipinski definition) is 2. The van der Waals surface area contributed by atoms with Gasteiger partial charge in [0.25, 0.3) is 0 Å². The highest BCUT2D eigenvalue weighted by Gasteiger charge is 2.20. The largest absolute Gasteiger partial charge is 0.383 e. The lowest BCUT2D eigenvalue weighted by Gasteiger charge is -2.33. The molecule has 7 heteroatoms. The van der Waals surface area contributed by atoms with E-state index in [4.69, 9.17) is 5.73 Å². The molecule has 0 radical (unpaired) electrons. The highest BCUT2D eigenvalue weighted by molar-refractivity contribution is 5.93. The Balaban J connectivity index is 1.30. The summed E-state index contributed by atoms with van der Waals surface area (Å²) in [6, 6.07) is 13.8. The molecule has 1 fully saturated rings. The van der Waals surface area contributed by atoms with Crippen molar-refractivity contribution in [1.82, 2.24) is 19.8 Å². The van der Waals surface area contributed by atoms with E-state index in [0.29, 0.717) is 18.9 Å². The van der Waals surface area contributed by atoms with Crippen LogP contribution in [0.3, 0.4) is 0 Å². The first-order chi connectivity index (χ1) is 14.5. The molecule has 3 aromatic rings. The first-order valence-corrected chi connectivity index (χ1v) is 10.3. The highest BCUT2D eigenvalue weighted by Crippen LogP contribution is 2.19. The molecule has 4 rings (SSSR count). The molecule has 3 N–H and O–H groups in total. The van der Waals surface area contributed by atoms with E-state index in [-0.39, 0.29) is 5.91 Å². The molecule has 0 aliphatic carbocycles. The van der Waals surface area contributed by atoms with Gasteiger partial charge >= 0.3 is 0 Å². The molecule has 0 spiro atoms. The maximum absolute atomic E-state index is 12.5. The predicted octanol–water partition coefficient (Wildman–Crippen LogP) is 2.59. The number of amides is 1. The number of carbonyl (C=O) groups excluding carboxylic acids is 1. The fraction of sp³-hybridized carbons (Fsp3) is 0.348. The third-order valence-corrected chi connectivity index (χ3v) is 5.75. The third kappa shape index (κ3) is 4.58. The smallest absolute Gasteiger partial charge is 0.238 e. The number of aromatic nitrogens is 2. The summed E-state index contributed by atoms with van der Waals surface area (Å²) in [7, 11) is 0. The van der Waals surface area contributed by atoms with Crippen molar-refractivity contribution in [3.8, 4) is 0 Å². The number of aryl methyl sites for hydroxylation is 1. The number of nitrogens with zero attached hydrogens (tertiary/aromatic N) is 4. The zero-order chi connectivity index (χ0) is 21.1. The van der Waals surface area contributed by atoms with Crippen LogP contribution in [-0.2, 0) is 11.3 Å². The minimum atomic E-state index is 0.0304. The lowest BCUT2D eigenvalue weighted by Crippen LogP contribution is -2.48. The molecular weight excluding hydrogens is 376 g/mol. The Hall–Kier alpha value is -3.03. The zero-order valence-electron chi connectivity index (χ0n) is 17.6. The number of carbonyl (C=O) groups is 1. The van der Waals surface area contributed by atoms with Gasteiger partial charge in [-0.25, -0.2) is 9.97 Å². The quantitative estimate of drug-likeness (QED) is 0.680. The van der Waals surface area contributed by atoms with Crippen LogP contribution in [-0.4, -0.2) is 58.4 Å². The van der Waals surface area contributed by atoms with E-state index in [9.17, 15) is 4.79 Å². The summed E-state index contributed by atoms with van der Waals surface area (Å²) in [5.74, 6) is 1.30. The lowest BCUT2D eigenvalue weighted by molar-refractivity contribution is -0.117. The topological polar surface area (TPSA) is 87.4 Å². The van der Waals surface area contributed by atoms with Crippen LogP contribution in [0.2, 0.25) is 0 Å². The molecule has 2 heterocycles. The van der Waals surface area contributed by atoms with Gasteiger partial charge in [0, 0.05) is 37.3 Å². The number of benzene rings is 2. The van der Waals surface area contributed by atoms with Crippen molar-refractivity contribution in [3.63, 3.8) is 0 Å². The second-order valence-electron chi connectivity index (χ2n) is 7.89. The molecule has 1 saturated heterocycles. The molecule has 2 aromatic carbocycles. The van der Waals surface area contributed by atoms with Gasteiger partial charge in [-0.1, -0.05) is 24.3 Å². The van der Waals surface area contributed by atoms with Crippen LogP contribution in [0.4, 0.5) is 11.5 Å². The standard InChI is InChI=1S/C23H28N6O/c1-16-6-5-9-19(17(16)2)26-22(30)15-29-12-10-28(11-13-29)14-21-25-20-8-4-3-7-18(20)23(24)27-21/h3-9H,10-15H2,1-2H3,(H,26,30)(H2,24,25,27). The van der Waals surface area contributed by atoms with E-state index in [1.165, 1.54) is 5.56 Å². The molecule has 7 nitrogen and oxygen atoms in total. The molecule has 1 aliphatic heterocycles. The molecule has 0 atom stereocenters. The van der Waals surface area contributed by atoms with Gasteiger partial charge in [-0.15, -0.1) is 0 Å². The molecule has 30 heavy (non-hydrogen) atoms. The van der Waals surface area contributed by atoms with Crippen molar-refractivity contribution in [2.24, 2.45) is 0 Å². The van der Waals surface area contributed by atoms with Crippen molar-refractivity contribution < 1.29 is 4.79 Å². The van der Waals surface area contributed by atoms with Crippen LogP contribution >= 0.6 is 0 Å². The van der Waals surface area contributed by atoms with E-state index >= 15 is 0 Å². The lowest BCUT2D eigenvalue weighted by atomic mass is 10.1. The van der Waals surface area contributed by atoms with Gasteiger partial charge in [0.2, 0.25) is 5.91 Å². The van der Waals surface area contributed by atoms with Gasteiger partial charge in [0.1, 0.15) is 11.6 Å². The minimum Gasteiger partial charge on any atom is -0.383 e. The fourth-order valence-corrected chi connectivity index (χ4v) is 3.81. The number of piperazine rings is 1. The van der Waals surface area contributed by atoms with Crippen LogP contribution < -0.4 is 11.1 Å². The van der Waals surface area contributed by atoms with Gasteiger partial charge < -0.3 is 11.1 Å². The Bertz CT molecular complexity index is 1060. The number of nitrogens with one attached hydrogen (secondary N) is 1. The molecule has 0 bridgehead atoms. The number of para-hydroxylation sites is 1. The average molecular weight is 405 g/mol. The molecule has 1 aliphatic rings. The van der Waals surface area contributed by atoms with Crippen LogP contribution in [0.5, 0.6) is 0 Å². The van der Waals surface area contributed by atoms with Crippen LogP contribution in [0, 0.1) is 13.8 Å². The summed E-state index contributed by atoms with van der Waals surface area (Å²) in [5.41, 5.74) is 10.2. The van der Waals surface area contributed by atoms with Crippen molar-refractivity contribution in [3.05, 3.63) is 59.4 Å². The maximum atomic E-state index is 12.5. The Kier molecular flexibility index (Phi) is 5.92. The molecule has 0 saturated carbocycles. The van der Waals surface area contributed by atoms with Crippen LogP contribution in [0.1, 0.15) is 17.0 Å². The van der Waals surface area contributed by atoms with Gasteiger partial charge in [-0.3, -0.25) is 14.6 Å². The Labute approximate surface area is 176 Å². The summed E-state index contributed by atoms with van der Waals surface area (Å²) in [5, 5.41) is 3.93. The number of nitrogens with two attached hydrogens (primary N) is 1. The molecular formula is C23H28N6O. The monoisotopic (exact) mass is 404 g/mol. The van der Waals surface area contributed by atoms with E-state index in [0.717, 1.165) is 54.2 Å². The Morgan fingerprint density at radius 2 is 1.73 bits per heavy atom. The summed E-state index contributed by atoms with van der Waals surface area (Å²) in [4.78, 5) is 26.1. The van der Waals surface area contributed by atoms with Gasteiger partial charge in [0.15, 0.2) is 0 Å². The van der Waals surface area contributed by atoms with Crippen molar-refractivity contribution in [1.29, 1.82) is 0 Å². The molecule has 0 unspecified atom stereocenters. The number of rotatable bonds is 5. The fourth-order valence-electron chi connectivity index (χ4n) is 3.81. The second kappa shape index (κ2) is 8.77. The molecule has 156 valence electrons. The van der Waals surface area contributed by atoms with Gasteiger partial charge in [0.05, 0.1) is 18.6 Å². The normalized spacial score (nSPS) is 15.4. The predicted molar refractivity (Wildman–Crippen MR) is 120 cm³/mol. The van der Waals surface area contributed by atoms with E-state index in [1.54, 1.807) is 0 Å². The van der Waals surface area contributed by atoms with E-state index in [2.05, 4.69) is 38.1 Å². The molecule has 1 aromatic heterocycles. The van der Waals surface area contributed by atoms with Crippen molar-refractivity contribution in [2.45, 2.75) is 20.4 Å².